The highest BCUT2D eigenvalue weighted by Crippen LogP contribution is 2.28. The second-order valence-electron chi connectivity index (χ2n) is 7.63. The summed E-state index contributed by atoms with van der Waals surface area (Å²) in [6.45, 7) is 6.22. The summed E-state index contributed by atoms with van der Waals surface area (Å²) in [6.07, 6.45) is 10.2. The van der Waals surface area contributed by atoms with Gasteiger partial charge in [-0.3, -0.25) is 14.4 Å². The lowest BCUT2D eigenvalue weighted by Crippen LogP contribution is -2.41. The SMILES string of the molecule is Cc1ccc2c(n1)=CNC(CCc1nc3c(C)nccn3c1N1CCCC1)N=2. The summed E-state index contributed by atoms with van der Waals surface area (Å²) in [7, 11) is 0. The molecule has 2 aliphatic rings. The zero-order chi connectivity index (χ0) is 19.1. The smallest absolute Gasteiger partial charge is 0.160 e. The fraction of sp³-hybridized carbons (Fsp3) is 0.429. The third-order valence-corrected chi connectivity index (χ3v) is 5.57. The highest BCUT2D eigenvalue weighted by molar-refractivity contribution is 5.59. The van der Waals surface area contributed by atoms with Gasteiger partial charge in [-0.15, -0.1) is 0 Å². The normalized spacial score (nSPS) is 18.5. The van der Waals surface area contributed by atoms with Gasteiger partial charge in [0.2, 0.25) is 0 Å². The minimum Gasteiger partial charge on any atom is -0.368 e. The predicted octanol–water partition coefficient (Wildman–Crippen LogP) is 1.26. The number of rotatable bonds is 4. The van der Waals surface area contributed by atoms with Crippen molar-refractivity contribution in [1.82, 2.24) is 24.7 Å². The van der Waals surface area contributed by atoms with Crippen LogP contribution in [-0.2, 0) is 6.42 Å². The molecule has 1 saturated heterocycles. The van der Waals surface area contributed by atoms with Gasteiger partial charge in [0.05, 0.1) is 16.7 Å². The van der Waals surface area contributed by atoms with Crippen LogP contribution < -0.4 is 20.9 Å². The molecular weight excluding hydrogens is 350 g/mol. The number of pyridine rings is 1. The topological polar surface area (TPSA) is 70.7 Å². The van der Waals surface area contributed by atoms with Crippen LogP contribution >= 0.6 is 0 Å². The second kappa shape index (κ2) is 6.89. The van der Waals surface area contributed by atoms with Gasteiger partial charge < -0.3 is 10.2 Å². The lowest BCUT2D eigenvalue weighted by molar-refractivity contribution is 0.554. The van der Waals surface area contributed by atoms with Gasteiger partial charge in [0.25, 0.3) is 0 Å². The summed E-state index contributed by atoms with van der Waals surface area (Å²) >= 11 is 0. The summed E-state index contributed by atoms with van der Waals surface area (Å²) in [5.74, 6) is 1.23. The number of fused-ring (bicyclic) bond motifs is 2. The molecule has 1 fully saturated rings. The molecule has 0 aromatic carbocycles. The van der Waals surface area contributed by atoms with Gasteiger partial charge in [-0.25, -0.2) is 9.97 Å². The van der Waals surface area contributed by atoms with Gasteiger partial charge in [-0.1, -0.05) is 0 Å². The first-order valence-corrected chi connectivity index (χ1v) is 10.0. The lowest BCUT2D eigenvalue weighted by Gasteiger charge is -2.20. The predicted molar refractivity (Wildman–Crippen MR) is 109 cm³/mol. The molecular formula is C21H25N7. The van der Waals surface area contributed by atoms with Crippen molar-refractivity contribution in [2.45, 2.75) is 45.7 Å². The van der Waals surface area contributed by atoms with Gasteiger partial charge in [0.15, 0.2) is 5.65 Å². The first-order chi connectivity index (χ1) is 13.7. The number of aryl methyl sites for hydroxylation is 3. The summed E-state index contributed by atoms with van der Waals surface area (Å²) in [4.78, 5) is 21.2. The molecule has 0 saturated carbocycles. The Kier molecular flexibility index (Phi) is 4.22. The van der Waals surface area contributed by atoms with E-state index in [1.165, 1.54) is 18.7 Å². The number of imidazole rings is 1. The standard InChI is InChI=1S/C21H25N7/c1-14-5-6-16-18(24-14)13-23-19(25-16)8-7-17-21(27-10-3-4-11-27)28-12-9-22-15(2)20(28)26-17/h5-6,9,12-13,19,23H,3-4,7-8,10-11H2,1-2H3. The average molecular weight is 375 g/mol. The number of aromatic nitrogens is 4. The molecule has 144 valence electrons. The quantitative estimate of drug-likeness (QED) is 0.743. The Morgan fingerprint density at radius 3 is 2.86 bits per heavy atom. The minimum absolute atomic E-state index is 0.0486. The highest BCUT2D eigenvalue weighted by Gasteiger charge is 2.23. The fourth-order valence-electron chi connectivity index (χ4n) is 4.15. The van der Waals surface area contributed by atoms with Crippen LogP contribution in [0.15, 0.2) is 29.5 Å². The van der Waals surface area contributed by atoms with Crippen molar-refractivity contribution in [2.75, 3.05) is 18.0 Å². The van der Waals surface area contributed by atoms with E-state index < -0.39 is 0 Å². The van der Waals surface area contributed by atoms with E-state index in [1.807, 2.05) is 38.5 Å². The summed E-state index contributed by atoms with van der Waals surface area (Å²) in [5.41, 5.74) is 4.08. The highest BCUT2D eigenvalue weighted by atomic mass is 15.3. The van der Waals surface area contributed by atoms with Crippen molar-refractivity contribution < 1.29 is 0 Å². The van der Waals surface area contributed by atoms with Crippen molar-refractivity contribution in [1.29, 1.82) is 0 Å². The first-order valence-electron chi connectivity index (χ1n) is 10.0. The van der Waals surface area contributed by atoms with Gasteiger partial charge in [0.1, 0.15) is 17.3 Å². The Morgan fingerprint density at radius 2 is 2.00 bits per heavy atom. The van der Waals surface area contributed by atoms with E-state index >= 15 is 0 Å². The largest absolute Gasteiger partial charge is 0.368 e. The van der Waals surface area contributed by atoms with Gasteiger partial charge in [0, 0.05) is 37.4 Å². The second-order valence-corrected chi connectivity index (χ2v) is 7.63. The Balaban J connectivity index is 1.44. The van der Waals surface area contributed by atoms with Crippen LogP contribution in [-0.4, -0.2) is 38.6 Å². The molecule has 28 heavy (non-hydrogen) atoms. The molecule has 1 N–H and O–H groups in total. The number of hydrogen-bond donors (Lipinski definition) is 1. The third-order valence-electron chi connectivity index (χ3n) is 5.57. The van der Waals surface area contributed by atoms with E-state index in [-0.39, 0.29) is 6.17 Å². The van der Waals surface area contributed by atoms with Crippen molar-refractivity contribution in [2.24, 2.45) is 4.99 Å². The first kappa shape index (κ1) is 17.2. The molecule has 0 spiro atoms. The number of hydrogen-bond acceptors (Lipinski definition) is 6. The maximum atomic E-state index is 4.96. The van der Waals surface area contributed by atoms with Crippen molar-refractivity contribution in [3.8, 4) is 0 Å². The van der Waals surface area contributed by atoms with E-state index in [0.29, 0.717) is 0 Å². The van der Waals surface area contributed by atoms with Crippen LogP contribution in [0.4, 0.5) is 5.82 Å². The van der Waals surface area contributed by atoms with Crippen LogP contribution in [0, 0.1) is 13.8 Å². The molecule has 1 atom stereocenters. The van der Waals surface area contributed by atoms with Crippen LogP contribution in [0.1, 0.15) is 36.3 Å². The monoisotopic (exact) mass is 375 g/mol. The van der Waals surface area contributed by atoms with Gasteiger partial charge in [-0.05, 0) is 51.7 Å². The third kappa shape index (κ3) is 3.00. The Labute approximate surface area is 163 Å². The average Bonchev–Trinajstić information content (AvgIpc) is 3.34. The number of anilines is 1. The molecule has 0 aliphatic carbocycles. The molecule has 0 radical (unpaired) electrons. The Bertz CT molecular complexity index is 1140. The molecule has 0 bridgehead atoms. The zero-order valence-electron chi connectivity index (χ0n) is 16.4. The Hall–Kier alpha value is -2.96. The molecule has 5 heterocycles. The molecule has 2 aliphatic heterocycles. The van der Waals surface area contributed by atoms with Crippen LogP contribution in [0.2, 0.25) is 0 Å². The van der Waals surface area contributed by atoms with Crippen molar-refractivity contribution in [3.63, 3.8) is 0 Å². The van der Waals surface area contributed by atoms with E-state index in [2.05, 4.69) is 30.7 Å². The molecule has 0 amide bonds. The summed E-state index contributed by atoms with van der Waals surface area (Å²) < 4.78 is 2.21. The molecule has 1 unspecified atom stereocenters. The van der Waals surface area contributed by atoms with E-state index in [4.69, 9.17) is 9.98 Å². The van der Waals surface area contributed by atoms with Crippen LogP contribution in [0.3, 0.4) is 0 Å². The maximum absolute atomic E-state index is 4.96. The number of nitrogens with zero attached hydrogens (tertiary/aromatic N) is 6. The van der Waals surface area contributed by atoms with Crippen molar-refractivity contribution >= 4 is 17.7 Å². The van der Waals surface area contributed by atoms with Crippen LogP contribution in [0.5, 0.6) is 0 Å². The van der Waals surface area contributed by atoms with Crippen LogP contribution in [0.25, 0.3) is 11.8 Å². The molecule has 5 rings (SSSR count). The lowest BCUT2D eigenvalue weighted by atomic mass is 10.2. The van der Waals surface area contributed by atoms with E-state index in [9.17, 15) is 0 Å². The molecule has 3 aromatic heterocycles. The van der Waals surface area contributed by atoms with E-state index in [1.54, 1.807) is 0 Å². The Morgan fingerprint density at radius 1 is 1.14 bits per heavy atom. The zero-order valence-corrected chi connectivity index (χ0v) is 16.4. The van der Waals surface area contributed by atoms with Gasteiger partial charge >= 0.3 is 0 Å². The number of nitrogens with one attached hydrogen (secondary N) is 1. The minimum atomic E-state index is 0.0486. The van der Waals surface area contributed by atoms with Gasteiger partial charge in [-0.2, -0.15) is 0 Å². The summed E-state index contributed by atoms with van der Waals surface area (Å²) in [6, 6.07) is 4.07. The molecule has 3 aromatic rings. The molecule has 7 nitrogen and oxygen atoms in total. The van der Waals surface area contributed by atoms with E-state index in [0.717, 1.165) is 59.4 Å². The fourth-order valence-corrected chi connectivity index (χ4v) is 4.15. The molecule has 7 heteroatoms. The summed E-state index contributed by atoms with van der Waals surface area (Å²) in [5, 5.41) is 5.27. The van der Waals surface area contributed by atoms with Crippen molar-refractivity contribution in [3.05, 3.63) is 52.3 Å². The maximum Gasteiger partial charge on any atom is 0.160 e.